The fourth-order valence-corrected chi connectivity index (χ4v) is 1.64. The summed E-state index contributed by atoms with van der Waals surface area (Å²) in [5, 5.41) is 3.30. The van der Waals surface area contributed by atoms with Crippen LogP contribution in [0, 0.1) is 12.3 Å². The van der Waals surface area contributed by atoms with Gasteiger partial charge in [-0.05, 0) is 26.7 Å². The maximum atomic E-state index is 5.81. The zero-order valence-electron chi connectivity index (χ0n) is 8.60. The Bertz CT molecular complexity index is 193. The summed E-state index contributed by atoms with van der Waals surface area (Å²) in [6.07, 6.45) is 8.65. The molecule has 1 unspecified atom stereocenters. The van der Waals surface area contributed by atoms with Crippen molar-refractivity contribution in [2.24, 2.45) is 0 Å². The summed E-state index contributed by atoms with van der Waals surface area (Å²) < 4.78 is 5.81. The molecule has 0 saturated carbocycles. The molecule has 0 spiro atoms. The minimum Gasteiger partial charge on any atom is -0.371 e. The highest BCUT2D eigenvalue weighted by atomic mass is 16.5. The minimum atomic E-state index is 0.0818. The van der Waals surface area contributed by atoms with E-state index in [1.165, 1.54) is 0 Å². The van der Waals surface area contributed by atoms with Crippen LogP contribution in [0.3, 0.4) is 0 Å². The number of terminal acetylenes is 1. The van der Waals surface area contributed by atoms with E-state index in [1.54, 1.807) is 0 Å². The van der Waals surface area contributed by atoms with Gasteiger partial charge in [-0.1, -0.05) is 0 Å². The van der Waals surface area contributed by atoms with Crippen LogP contribution in [0.2, 0.25) is 0 Å². The van der Waals surface area contributed by atoms with Gasteiger partial charge in [0.25, 0.3) is 0 Å². The second-order valence-corrected chi connectivity index (χ2v) is 4.20. The predicted octanol–water partition coefficient (Wildman–Crippen LogP) is 1.56. The van der Waals surface area contributed by atoms with Crippen molar-refractivity contribution in [3.8, 4) is 12.3 Å². The van der Waals surface area contributed by atoms with Crippen molar-refractivity contribution in [3.05, 3.63) is 0 Å². The van der Waals surface area contributed by atoms with Gasteiger partial charge in [-0.3, -0.25) is 0 Å². The third-order valence-corrected chi connectivity index (χ3v) is 2.37. The van der Waals surface area contributed by atoms with Gasteiger partial charge in [0.1, 0.15) is 0 Å². The molecule has 0 aromatic carbocycles. The highest BCUT2D eigenvalue weighted by Gasteiger charge is 2.30. The number of rotatable bonds is 4. The van der Waals surface area contributed by atoms with Crippen molar-refractivity contribution >= 4 is 0 Å². The minimum absolute atomic E-state index is 0.0818. The van der Waals surface area contributed by atoms with Crippen LogP contribution in [-0.4, -0.2) is 24.8 Å². The lowest BCUT2D eigenvalue weighted by Crippen LogP contribution is -2.29. The molecule has 0 aromatic heterocycles. The van der Waals surface area contributed by atoms with Crippen molar-refractivity contribution in [2.75, 3.05) is 13.1 Å². The summed E-state index contributed by atoms with van der Waals surface area (Å²) in [5.74, 6) is 2.61. The van der Waals surface area contributed by atoms with E-state index in [4.69, 9.17) is 11.2 Å². The molecule has 13 heavy (non-hydrogen) atoms. The third-order valence-electron chi connectivity index (χ3n) is 2.37. The van der Waals surface area contributed by atoms with Crippen LogP contribution in [-0.2, 0) is 4.74 Å². The van der Waals surface area contributed by atoms with Gasteiger partial charge in [0.15, 0.2) is 0 Å². The molecule has 1 aliphatic heterocycles. The zero-order chi connectivity index (χ0) is 9.73. The molecular weight excluding hydrogens is 162 g/mol. The molecule has 0 radical (unpaired) electrons. The third kappa shape index (κ3) is 3.80. The monoisotopic (exact) mass is 181 g/mol. The van der Waals surface area contributed by atoms with Gasteiger partial charge >= 0.3 is 0 Å². The molecular formula is C11H19NO. The van der Waals surface area contributed by atoms with Gasteiger partial charge < -0.3 is 10.1 Å². The average molecular weight is 181 g/mol. The largest absolute Gasteiger partial charge is 0.371 e. The summed E-state index contributed by atoms with van der Waals surface area (Å²) >= 11 is 0. The van der Waals surface area contributed by atoms with Crippen LogP contribution in [0.15, 0.2) is 0 Å². The Morgan fingerprint density at radius 1 is 1.62 bits per heavy atom. The molecule has 74 valence electrons. The lowest BCUT2D eigenvalue weighted by Gasteiger charge is -2.19. The Kier molecular flexibility index (Phi) is 3.77. The second kappa shape index (κ2) is 4.64. The first-order chi connectivity index (χ1) is 6.14. The van der Waals surface area contributed by atoms with Crippen LogP contribution in [0.5, 0.6) is 0 Å². The van der Waals surface area contributed by atoms with Gasteiger partial charge in [-0.15, -0.1) is 12.3 Å². The Balaban J connectivity index is 2.08. The molecule has 1 saturated heterocycles. The topological polar surface area (TPSA) is 21.3 Å². The lowest BCUT2D eigenvalue weighted by atomic mass is 10.1. The standard InChI is InChI=1S/C11H19NO/c1-4-5-8-12-9-10-6-7-11(2,3)13-10/h1,10,12H,5-9H2,2-3H3. The highest BCUT2D eigenvalue weighted by molar-refractivity contribution is 4.85. The molecule has 1 heterocycles. The maximum Gasteiger partial charge on any atom is 0.0707 e. The smallest absolute Gasteiger partial charge is 0.0707 e. The van der Waals surface area contributed by atoms with Crippen molar-refractivity contribution in [3.63, 3.8) is 0 Å². The maximum absolute atomic E-state index is 5.81. The van der Waals surface area contributed by atoms with Gasteiger partial charge in [0.05, 0.1) is 11.7 Å². The van der Waals surface area contributed by atoms with E-state index in [2.05, 4.69) is 25.1 Å². The number of hydrogen-bond donors (Lipinski definition) is 1. The molecule has 2 heteroatoms. The van der Waals surface area contributed by atoms with E-state index < -0.39 is 0 Å². The predicted molar refractivity (Wildman–Crippen MR) is 54.5 cm³/mol. The lowest BCUT2D eigenvalue weighted by molar-refractivity contribution is -0.0140. The molecule has 1 rings (SSSR count). The first-order valence-corrected chi connectivity index (χ1v) is 4.96. The molecule has 0 aliphatic carbocycles. The summed E-state index contributed by atoms with van der Waals surface area (Å²) in [7, 11) is 0. The Morgan fingerprint density at radius 3 is 2.92 bits per heavy atom. The van der Waals surface area contributed by atoms with Crippen LogP contribution in [0.25, 0.3) is 0 Å². The molecule has 1 aliphatic rings. The molecule has 1 fully saturated rings. The zero-order valence-corrected chi connectivity index (χ0v) is 8.60. The molecule has 2 nitrogen and oxygen atoms in total. The van der Waals surface area contributed by atoms with Crippen molar-refractivity contribution in [2.45, 2.75) is 44.8 Å². The van der Waals surface area contributed by atoms with Crippen LogP contribution >= 0.6 is 0 Å². The van der Waals surface area contributed by atoms with Gasteiger partial charge in [0.2, 0.25) is 0 Å². The molecule has 0 aromatic rings. The van der Waals surface area contributed by atoms with E-state index in [9.17, 15) is 0 Å². The summed E-state index contributed by atoms with van der Waals surface area (Å²) in [4.78, 5) is 0. The van der Waals surface area contributed by atoms with Crippen molar-refractivity contribution < 1.29 is 4.74 Å². The molecule has 0 bridgehead atoms. The van der Waals surface area contributed by atoms with E-state index >= 15 is 0 Å². The summed E-state index contributed by atoms with van der Waals surface area (Å²) in [6.45, 7) is 6.13. The fourth-order valence-electron chi connectivity index (χ4n) is 1.64. The summed E-state index contributed by atoms with van der Waals surface area (Å²) in [5.41, 5.74) is 0.0818. The first-order valence-electron chi connectivity index (χ1n) is 4.96. The first kappa shape index (κ1) is 10.6. The summed E-state index contributed by atoms with van der Waals surface area (Å²) in [6, 6.07) is 0. The molecule has 1 N–H and O–H groups in total. The van der Waals surface area contributed by atoms with E-state index in [0.717, 1.165) is 32.4 Å². The van der Waals surface area contributed by atoms with Crippen LogP contribution in [0.1, 0.15) is 33.1 Å². The SMILES string of the molecule is C#CCCNCC1CCC(C)(C)O1. The molecule has 0 amide bonds. The number of nitrogens with one attached hydrogen (secondary N) is 1. The van der Waals surface area contributed by atoms with Crippen LogP contribution < -0.4 is 5.32 Å². The Hall–Kier alpha value is -0.520. The average Bonchev–Trinajstić information content (AvgIpc) is 2.40. The quantitative estimate of drug-likeness (QED) is 0.525. The second-order valence-electron chi connectivity index (χ2n) is 4.20. The Morgan fingerprint density at radius 2 is 2.38 bits per heavy atom. The Labute approximate surface area is 81.0 Å². The van der Waals surface area contributed by atoms with Crippen molar-refractivity contribution in [1.29, 1.82) is 0 Å². The van der Waals surface area contributed by atoms with E-state index in [1.807, 2.05) is 0 Å². The number of hydrogen-bond acceptors (Lipinski definition) is 2. The molecule has 1 atom stereocenters. The van der Waals surface area contributed by atoms with Gasteiger partial charge in [0, 0.05) is 19.5 Å². The van der Waals surface area contributed by atoms with E-state index in [-0.39, 0.29) is 5.60 Å². The number of ether oxygens (including phenoxy) is 1. The fraction of sp³-hybridized carbons (Fsp3) is 0.818. The van der Waals surface area contributed by atoms with Gasteiger partial charge in [-0.25, -0.2) is 0 Å². The van der Waals surface area contributed by atoms with Crippen molar-refractivity contribution in [1.82, 2.24) is 5.32 Å². The normalized spacial score (nSPS) is 25.8. The van der Waals surface area contributed by atoms with E-state index in [0.29, 0.717) is 6.10 Å². The highest BCUT2D eigenvalue weighted by Crippen LogP contribution is 2.28. The van der Waals surface area contributed by atoms with Gasteiger partial charge in [-0.2, -0.15) is 0 Å². The van der Waals surface area contributed by atoms with Crippen LogP contribution in [0.4, 0.5) is 0 Å².